The van der Waals surface area contributed by atoms with Gasteiger partial charge in [-0.2, -0.15) is 5.10 Å². The quantitative estimate of drug-likeness (QED) is 0.855. The van der Waals surface area contributed by atoms with Crippen LogP contribution in [-0.4, -0.2) is 22.2 Å². The van der Waals surface area contributed by atoms with Gasteiger partial charge in [-0.15, -0.1) is 24.8 Å². The van der Waals surface area contributed by atoms with Crippen LogP contribution in [0, 0.1) is 0 Å². The lowest BCUT2D eigenvalue weighted by Gasteiger charge is -2.11. The minimum Gasteiger partial charge on any atom is -0.324 e. The number of para-hydroxylation sites is 1. The zero-order valence-corrected chi connectivity index (χ0v) is 13.4. The summed E-state index contributed by atoms with van der Waals surface area (Å²) in [6.07, 6.45) is 3.43. The van der Waals surface area contributed by atoms with Crippen molar-refractivity contribution in [2.45, 2.75) is 20.0 Å². The Morgan fingerprint density at radius 3 is 2.67 bits per heavy atom. The summed E-state index contributed by atoms with van der Waals surface area (Å²) >= 11 is 0. The van der Waals surface area contributed by atoms with E-state index in [1.165, 1.54) is 0 Å². The minimum atomic E-state index is -0.0763. The molecule has 2 aromatic rings. The van der Waals surface area contributed by atoms with E-state index in [0.717, 1.165) is 24.3 Å². The van der Waals surface area contributed by atoms with Crippen LogP contribution in [0.2, 0.25) is 0 Å². The van der Waals surface area contributed by atoms with Gasteiger partial charge in [0.15, 0.2) is 0 Å². The fraction of sp³-hybridized carbons (Fsp3) is 0.286. The number of amides is 1. The Morgan fingerprint density at radius 2 is 2.00 bits per heavy atom. The minimum absolute atomic E-state index is 0. The molecule has 0 unspecified atom stereocenters. The second-order valence-corrected chi connectivity index (χ2v) is 4.19. The van der Waals surface area contributed by atoms with E-state index in [0.29, 0.717) is 0 Å². The summed E-state index contributed by atoms with van der Waals surface area (Å²) in [6.45, 7) is 3.92. The summed E-state index contributed by atoms with van der Waals surface area (Å²) in [6, 6.07) is 9.60. The van der Waals surface area contributed by atoms with Gasteiger partial charge in [0.05, 0.1) is 0 Å². The number of halogens is 2. The van der Waals surface area contributed by atoms with E-state index in [1.807, 2.05) is 24.3 Å². The number of nitrogens with zero attached hydrogens (tertiary/aromatic N) is 2. The summed E-state index contributed by atoms with van der Waals surface area (Å²) in [5.74, 6) is -0.0763. The molecule has 0 aliphatic carbocycles. The zero-order chi connectivity index (χ0) is 13.5. The lowest BCUT2D eigenvalue weighted by molar-refractivity contribution is -0.116. The van der Waals surface area contributed by atoms with Crippen LogP contribution in [0.5, 0.6) is 0 Å². The van der Waals surface area contributed by atoms with Crippen molar-refractivity contribution in [2.24, 2.45) is 0 Å². The lowest BCUT2D eigenvalue weighted by atomic mass is 10.1. The van der Waals surface area contributed by atoms with E-state index in [2.05, 4.69) is 22.7 Å². The number of carbonyl (C=O) groups is 1. The van der Waals surface area contributed by atoms with Gasteiger partial charge in [0.1, 0.15) is 6.54 Å². The first-order chi connectivity index (χ1) is 9.29. The highest BCUT2D eigenvalue weighted by atomic mass is 35.5. The molecule has 0 radical (unpaired) electrons. The Bertz CT molecular complexity index is 532. The third kappa shape index (κ3) is 6.16. The molecule has 2 N–H and O–H groups in total. The molecule has 0 bridgehead atoms. The Kier molecular flexibility index (Phi) is 9.45. The van der Waals surface area contributed by atoms with Crippen LogP contribution in [0.15, 0.2) is 42.7 Å². The van der Waals surface area contributed by atoms with Gasteiger partial charge in [-0.1, -0.05) is 25.1 Å². The first kappa shape index (κ1) is 19.4. The largest absolute Gasteiger partial charge is 0.324 e. The van der Waals surface area contributed by atoms with E-state index in [4.69, 9.17) is 0 Å². The van der Waals surface area contributed by atoms with Gasteiger partial charge >= 0.3 is 0 Å². The van der Waals surface area contributed by atoms with Gasteiger partial charge in [0.25, 0.3) is 0 Å². The first-order valence-corrected chi connectivity index (χ1v) is 6.35. The van der Waals surface area contributed by atoms with Crippen molar-refractivity contribution in [1.29, 1.82) is 0 Å². The molecule has 0 saturated carbocycles. The number of hydrogen-bond acceptors (Lipinski definition) is 3. The molecule has 7 heteroatoms. The normalized spacial score (nSPS) is 9.38. The zero-order valence-electron chi connectivity index (χ0n) is 11.8. The second kappa shape index (κ2) is 10.2. The van der Waals surface area contributed by atoms with E-state index < -0.39 is 0 Å². The summed E-state index contributed by atoms with van der Waals surface area (Å²) in [5, 5.41) is 10.2. The molecule has 21 heavy (non-hydrogen) atoms. The monoisotopic (exact) mass is 330 g/mol. The van der Waals surface area contributed by atoms with Crippen LogP contribution in [0.1, 0.15) is 12.5 Å². The topological polar surface area (TPSA) is 58.9 Å². The summed E-state index contributed by atoms with van der Waals surface area (Å²) in [4.78, 5) is 11.9. The number of rotatable bonds is 6. The molecule has 0 saturated heterocycles. The maximum Gasteiger partial charge on any atom is 0.246 e. The van der Waals surface area contributed by atoms with E-state index >= 15 is 0 Å². The molecule has 1 heterocycles. The van der Waals surface area contributed by atoms with Crippen LogP contribution in [0.25, 0.3) is 0 Å². The van der Waals surface area contributed by atoms with Crippen LogP contribution < -0.4 is 10.6 Å². The molecule has 0 spiro atoms. The van der Waals surface area contributed by atoms with Gasteiger partial charge < -0.3 is 10.6 Å². The molecular formula is C14H20Cl2N4O. The SMILES string of the molecule is CCNCc1ccccc1NC(=O)Cn1cccn1.Cl.Cl. The molecular weight excluding hydrogens is 311 g/mol. The third-order valence-corrected chi connectivity index (χ3v) is 2.72. The van der Waals surface area contributed by atoms with Crippen molar-refractivity contribution in [3.63, 3.8) is 0 Å². The number of benzene rings is 1. The Hall–Kier alpha value is -1.56. The van der Waals surface area contributed by atoms with Gasteiger partial charge in [-0.25, -0.2) is 0 Å². The van der Waals surface area contributed by atoms with Crippen LogP contribution >= 0.6 is 24.8 Å². The predicted octanol–water partition coefficient (Wildman–Crippen LogP) is 2.47. The molecule has 0 aliphatic rings. The molecule has 0 atom stereocenters. The Labute approximate surface area is 136 Å². The number of anilines is 1. The second-order valence-electron chi connectivity index (χ2n) is 4.19. The average molecular weight is 331 g/mol. The summed E-state index contributed by atoms with van der Waals surface area (Å²) in [5.41, 5.74) is 1.93. The molecule has 1 amide bonds. The number of nitrogens with one attached hydrogen (secondary N) is 2. The number of aromatic nitrogens is 2. The van der Waals surface area contributed by atoms with E-state index in [1.54, 1.807) is 23.1 Å². The van der Waals surface area contributed by atoms with E-state index in [9.17, 15) is 4.79 Å². The molecule has 0 aliphatic heterocycles. The van der Waals surface area contributed by atoms with E-state index in [-0.39, 0.29) is 37.3 Å². The maximum absolute atomic E-state index is 11.9. The van der Waals surface area contributed by atoms with Crippen molar-refractivity contribution >= 4 is 36.4 Å². The standard InChI is InChI=1S/C14H18N4O.2ClH/c1-2-15-10-12-6-3-4-7-13(12)17-14(19)11-18-9-5-8-16-18;;/h3-9,15H,2,10-11H2,1H3,(H,17,19);2*1H. The van der Waals surface area contributed by atoms with Crippen LogP contribution in [0.3, 0.4) is 0 Å². The number of hydrogen-bond donors (Lipinski definition) is 2. The molecule has 5 nitrogen and oxygen atoms in total. The predicted molar refractivity (Wildman–Crippen MR) is 89.2 cm³/mol. The van der Waals surface area contributed by atoms with Crippen molar-refractivity contribution in [3.05, 3.63) is 48.3 Å². The fourth-order valence-electron chi connectivity index (χ4n) is 1.79. The maximum atomic E-state index is 11.9. The van der Waals surface area contributed by atoms with Crippen molar-refractivity contribution in [3.8, 4) is 0 Å². The van der Waals surface area contributed by atoms with Gasteiger partial charge in [0, 0.05) is 24.6 Å². The molecule has 0 fully saturated rings. The number of carbonyl (C=O) groups excluding carboxylic acids is 1. The summed E-state index contributed by atoms with van der Waals surface area (Å²) < 4.78 is 1.60. The average Bonchev–Trinajstić information content (AvgIpc) is 2.90. The smallest absolute Gasteiger partial charge is 0.246 e. The fourth-order valence-corrected chi connectivity index (χ4v) is 1.79. The highest BCUT2D eigenvalue weighted by Crippen LogP contribution is 2.14. The Balaban J connectivity index is 0.00000200. The Morgan fingerprint density at radius 1 is 1.24 bits per heavy atom. The van der Waals surface area contributed by atoms with Crippen LogP contribution in [0.4, 0.5) is 5.69 Å². The summed E-state index contributed by atoms with van der Waals surface area (Å²) in [7, 11) is 0. The van der Waals surface area contributed by atoms with Crippen molar-refractivity contribution in [2.75, 3.05) is 11.9 Å². The van der Waals surface area contributed by atoms with Crippen LogP contribution in [-0.2, 0) is 17.9 Å². The highest BCUT2D eigenvalue weighted by Gasteiger charge is 2.06. The van der Waals surface area contributed by atoms with Gasteiger partial charge in [-0.3, -0.25) is 9.48 Å². The van der Waals surface area contributed by atoms with Crippen molar-refractivity contribution in [1.82, 2.24) is 15.1 Å². The molecule has 116 valence electrons. The third-order valence-electron chi connectivity index (χ3n) is 2.72. The molecule has 1 aromatic heterocycles. The molecule has 2 rings (SSSR count). The highest BCUT2D eigenvalue weighted by molar-refractivity contribution is 5.91. The van der Waals surface area contributed by atoms with Gasteiger partial charge in [-0.05, 0) is 24.2 Å². The molecule has 1 aromatic carbocycles. The van der Waals surface area contributed by atoms with Crippen molar-refractivity contribution < 1.29 is 4.79 Å². The lowest BCUT2D eigenvalue weighted by Crippen LogP contribution is -2.21. The first-order valence-electron chi connectivity index (χ1n) is 6.35. The van der Waals surface area contributed by atoms with Gasteiger partial charge in [0.2, 0.25) is 5.91 Å².